The maximum absolute atomic E-state index is 12.4. The van der Waals surface area contributed by atoms with E-state index < -0.39 is 17.7 Å². The van der Waals surface area contributed by atoms with Crippen LogP contribution in [0.4, 0.5) is 4.79 Å². The number of nitrogens with one attached hydrogen (secondary N) is 1. The van der Waals surface area contributed by atoms with Gasteiger partial charge in [0.1, 0.15) is 11.6 Å². The van der Waals surface area contributed by atoms with Gasteiger partial charge in [-0.05, 0) is 34.1 Å². The largest absolute Gasteiger partial charge is 0.464 e. The molecule has 3 atom stereocenters. The Kier molecular flexibility index (Phi) is 5.87. The Hall–Kier alpha value is -1.01. The van der Waals surface area contributed by atoms with Crippen molar-refractivity contribution < 1.29 is 19.1 Å². The van der Waals surface area contributed by atoms with Crippen LogP contribution in [-0.2, 0) is 14.3 Å². The molecule has 2 heterocycles. The highest BCUT2D eigenvalue weighted by Gasteiger charge is 2.51. The zero-order valence-electron chi connectivity index (χ0n) is 13.0. The Labute approximate surface area is 131 Å². The average Bonchev–Trinajstić information content (AvgIpc) is 2.58. The van der Waals surface area contributed by atoms with Gasteiger partial charge in [0.25, 0.3) is 0 Å². The van der Waals surface area contributed by atoms with Gasteiger partial charge in [-0.15, -0.1) is 12.4 Å². The van der Waals surface area contributed by atoms with Gasteiger partial charge in [0.2, 0.25) is 0 Å². The van der Waals surface area contributed by atoms with Crippen molar-refractivity contribution >= 4 is 24.5 Å². The molecule has 0 saturated carbocycles. The van der Waals surface area contributed by atoms with Gasteiger partial charge in [-0.3, -0.25) is 4.90 Å². The molecule has 1 N–H and O–H groups in total. The number of amides is 1. The Morgan fingerprint density at radius 3 is 2.52 bits per heavy atom. The summed E-state index contributed by atoms with van der Waals surface area (Å²) < 4.78 is 10.6. The zero-order chi connectivity index (χ0) is 14.9. The fraction of sp³-hybridized carbons (Fsp3) is 0.857. The number of rotatable bonds is 2. The van der Waals surface area contributed by atoms with Crippen LogP contribution in [0.5, 0.6) is 0 Å². The summed E-state index contributed by atoms with van der Waals surface area (Å²) in [6.45, 7) is 9.00. The fourth-order valence-electron chi connectivity index (χ4n) is 2.97. The van der Waals surface area contributed by atoms with Gasteiger partial charge < -0.3 is 14.8 Å². The number of piperidine rings is 1. The minimum absolute atomic E-state index is 0. The lowest BCUT2D eigenvalue weighted by Gasteiger charge is -2.31. The predicted octanol–water partition coefficient (Wildman–Crippen LogP) is 1.57. The molecule has 2 fully saturated rings. The molecule has 1 amide bonds. The molecule has 0 aromatic heterocycles. The number of carbonyl (C=O) groups is 2. The van der Waals surface area contributed by atoms with Crippen molar-refractivity contribution in [1.82, 2.24) is 10.2 Å². The Morgan fingerprint density at radius 1 is 1.29 bits per heavy atom. The number of nitrogens with zero attached hydrogens (tertiary/aromatic N) is 1. The molecule has 0 radical (unpaired) electrons. The molecule has 0 spiro atoms. The van der Waals surface area contributed by atoms with Crippen molar-refractivity contribution in [3.8, 4) is 0 Å². The van der Waals surface area contributed by atoms with Crippen molar-refractivity contribution in [2.45, 2.75) is 51.8 Å². The molecular weight excluding hydrogens is 296 g/mol. The lowest BCUT2D eigenvalue weighted by atomic mass is 9.96. The maximum atomic E-state index is 12.4. The van der Waals surface area contributed by atoms with Crippen molar-refractivity contribution in [2.75, 3.05) is 19.7 Å². The first-order valence-electron chi connectivity index (χ1n) is 7.22. The molecule has 6 nitrogen and oxygen atoms in total. The van der Waals surface area contributed by atoms with Crippen LogP contribution in [0.25, 0.3) is 0 Å². The molecule has 2 bridgehead atoms. The Balaban J connectivity index is 0.00000220. The van der Waals surface area contributed by atoms with Gasteiger partial charge in [0.05, 0.1) is 6.61 Å². The molecule has 2 rings (SSSR count). The van der Waals surface area contributed by atoms with E-state index in [0.29, 0.717) is 13.2 Å². The summed E-state index contributed by atoms with van der Waals surface area (Å²) in [5.74, 6) is -0.213. The molecular formula is C14H25ClN2O4. The molecule has 2 saturated heterocycles. The second-order valence-electron chi connectivity index (χ2n) is 6.39. The van der Waals surface area contributed by atoms with Gasteiger partial charge in [0.15, 0.2) is 0 Å². The first-order valence-corrected chi connectivity index (χ1v) is 7.22. The quantitative estimate of drug-likeness (QED) is 0.782. The number of fused-ring (bicyclic) bond motifs is 2. The second-order valence-corrected chi connectivity index (χ2v) is 6.39. The van der Waals surface area contributed by atoms with E-state index in [4.69, 9.17) is 9.47 Å². The lowest BCUT2D eigenvalue weighted by Crippen LogP contribution is -2.49. The third-order valence-electron chi connectivity index (χ3n) is 3.63. The van der Waals surface area contributed by atoms with Crippen LogP contribution < -0.4 is 5.32 Å². The van der Waals surface area contributed by atoms with Crippen molar-refractivity contribution in [1.29, 1.82) is 0 Å². The summed E-state index contributed by atoms with van der Waals surface area (Å²) in [7, 11) is 0. The number of hydrogen-bond donors (Lipinski definition) is 1. The number of esters is 1. The van der Waals surface area contributed by atoms with Crippen LogP contribution in [0.1, 0.15) is 34.1 Å². The van der Waals surface area contributed by atoms with E-state index in [1.807, 2.05) is 20.8 Å². The summed E-state index contributed by atoms with van der Waals surface area (Å²) in [5, 5.41) is 3.26. The van der Waals surface area contributed by atoms with Crippen LogP contribution in [0, 0.1) is 5.92 Å². The van der Waals surface area contributed by atoms with E-state index in [1.54, 1.807) is 11.8 Å². The molecule has 0 aromatic carbocycles. The molecule has 122 valence electrons. The van der Waals surface area contributed by atoms with E-state index in [2.05, 4.69) is 5.32 Å². The van der Waals surface area contributed by atoms with Gasteiger partial charge in [0, 0.05) is 25.0 Å². The van der Waals surface area contributed by atoms with E-state index in [9.17, 15) is 9.59 Å². The van der Waals surface area contributed by atoms with Gasteiger partial charge in [-0.1, -0.05) is 0 Å². The lowest BCUT2D eigenvalue weighted by molar-refractivity contribution is -0.149. The van der Waals surface area contributed by atoms with Gasteiger partial charge >= 0.3 is 12.1 Å². The minimum Gasteiger partial charge on any atom is -0.464 e. The topological polar surface area (TPSA) is 67.9 Å². The third kappa shape index (κ3) is 4.01. The van der Waals surface area contributed by atoms with E-state index >= 15 is 0 Å². The number of likely N-dealkylation sites (tertiary alicyclic amines) is 1. The molecule has 0 aromatic rings. The smallest absolute Gasteiger partial charge is 0.411 e. The summed E-state index contributed by atoms with van der Waals surface area (Å²) in [6.07, 6.45) is 0.405. The molecule has 0 unspecified atom stereocenters. The second kappa shape index (κ2) is 6.83. The molecule has 21 heavy (non-hydrogen) atoms. The van der Waals surface area contributed by atoms with E-state index in [0.717, 1.165) is 13.0 Å². The highest BCUT2D eigenvalue weighted by atomic mass is 35.5. The SMILES string of the molecule is CCOC(=O)[C@H]1[C@H]2CNC[C@H](C2)N1C(=O)OC(C)(C)C.Cl. The number of halogens is 1. The van der Waals surface area contributed by atoms with Crippen LogP contribution in [-0.4, -0.2) is 54.3 Å². The third-order valence-corrected chi connectivity index (χ3v) is 3.63. The first-order chi connectivity index (χ1) is 9.33. The highest BCUT2D eigenvalue weighted by molar-refractivity contribution is 5.85. The van der Waals surface area contributed by atoms with Crippen LogP contribution in [0.15, 0.2) is 0 Å². The zero-order valence-corrected chi connectivity index (χ0v) is 13.9. The summed E-state index contributed by atoms with van der Waals surface area (Å²) in [5.41, 5.74) is -0.569. The first kappa shape index (κ1) is 18.0. The van der Waals surface area contributed by atoms with Gasteiger partial charge in [-0.25, -0.2) is 9.59 Å². The van der Waals surface area contributed by atoms with E-state index in [-0.39, 0.29) is 30.3 Å². The number of ether oxygens (including phenoxy) is 2. The molecule has 2 aliphatic rings. The minimum atomic E-state index is -0.569. The highest BCUT2D eigenvalue weighted by Crippen LogP contribution is 2.34. The monoisotopic (exact) mass is 320 g/mol. The number of carbonyl (C=O) groups excluding carboxylic acids is 2. The Morgan fingerprint density at radius 2 is 1.95 bits per heavy atom. The van der Waals surface area contributed by atoms with Crippen LogP contribution >= 0.6 is 12.4 Å². The standard InChI is InChI=1S/C14H24N2O4.ClH/c1-5-19-12(17)11-9-6-10(8-15-7-9)16(11)13(18)20-14(2,3)4;/h9-11,15H,5-8H2,1-4H3;1H/t9-,10+,11-;/m1./s1. The molecule has 2 aliphatic heterocycles. The summed E-state index contributed by atoms with van der Waals surface area (Å²) in [4.78, 5) is 26.1. The summed E-state index contributed by atoms with van der Waals surface area (Å²) in [6, 6.07) is -0.511. The summed E-state index contributed by atoms with van der Waals surface area (Å²) >= 11 is 0. The van der Waals surface area contributed by atoms with Crippen molar-refractivity contribution in [3.05, 3.63) is 0 Å². The van der Waals surface area contributed by atoms with Crippen LogP contribution in [0.3, 0.4) is 0 Å². The fourth-order valence-corrected chi connectivity index (χ4v) is 2.97. The maximum Gasteiger partial charge on any atom is 0.411 e. The Bertz CT molecular complexity index is 397. The molecule has 0 aliphatic carbocycles. The number of hydrogen-bond acceptors (Lipinski definition) is 5. The predicted molar refractivity (Wildman–Crippen MR) is 80.5 cm³/mol. The van der Waals surface area contributed by atoms with Crippen molar-refractivity contribution in [2.24, 2.45) is 5.92 Å². The molecule has 7 heteroatoms. The van der Waals surface area contributed by atoms with Crippen molar-refractivity contribution in [3.63, 3.8) is 0 Å². The van der Waals surface area contributed by atoms with E-state index in [1.165, 1.54) is 0 Å². The van der Waals surface area contributed by atoms with Crippen LogP contribution in [0.2, 0.25) is 0 Å². The average molecular weight is 321 g/mol. The normalized spacial score (nSPS) is 27.8. The van der Waals surface area contributed by atoms with Gasteiger partial charge in [-0.2, -0.15) is 0 Å².